The summed E-state index contributed by atoms with van der Waals surface area (Å²) >= 11 is 3.52. The Hall–Kier alpha value is -1.32. The van der Waals surface area contributed by atoms with Gasteiger partial charge in [-0.2, -0.15) is 0 Å². The molecule has 1 N–H and O–H groups in total. The van der Waals surface area contributed by atoms with E-state index in [1.54, 1.807) is 0 Å². The van der Waals surface area contributed by atoms with Gasteiger partial charge in [0, 0.05) is 36.3 Å². The Balaban J connectivity index is 1.62. The van der Waals surface area contributed by atoms with Crippen molar-refractivity contribution in [3.63, 3.8) is 0 Å². The average Bonchev–Trinajstić information content (AvgIpc) is 3.02. The molecule has 1 heterocycles. The molecule has 0 spiro atoms. The van der Waals surface area contributed by atoms with Gasteiger partial charge in [0.05, 0.1) is 0 Å². The molecule has 0 aliphatic carbocycles. The molecule has 2 aromatic rings. The SMILES string of the molecule is Brc1cccc(CNCc2ccccc2N2CCCC2)c1. The number of hydrogen-bond acceptors (Lipinski definition) is 2. The first kappa shape index (κ1) is 14.6. The monoisotopic (exact) mass is 344 g/mol. The van der Waals surface area contributed by atoms with Crippen LogP contribution in [0.1, 0.15) is 24.0 Å². The molecule has 0 radical (unpaired) electrons. The Morgan fingerprint density at radius 2 is 1.76 bits per heavy atom. The second kappa shape index (κ2) is 7.10. The quantitative estimate of drug-likeness (QED) is 0.867. The molecule has 1 aliphatic rings. The summed E-state index contributed by atoms with van der Waals surface area (Å²) in [7, 11) is 0. The minimum Gasteiger partial charge on any atom is -0.371 e. The zero-order chi connectivity index (χ0) is 14.5. The highest BCUT2D eigenvalue weighted by Crippen LogP contribution is 2.24. The molecule has 21 heavy (non-hydrogen) atoms. The molecule has 2 aromatic carbocycles. The average molecular weight is 345 g/mol. The minimum absolute atomic E-state index is 0.897. The van der Waals surface area contributed by atoms with E-state index in [0.29, 0.717) is 0 Å². The van der Waals surface area contributed by atoms with Crippen molar-refractivity contribution in [1.29, 1.82) is 0 Å². The predicted octanol–water partition coefficient (Wildman–Crippen LogP) is 4.34. The van der Waals surface area contributed by atoms with Crippen molar-refractivity contribution in [1.82, 2.24) is 5.32 Å². The molecule has 0 amide bonds. The van der Waals surface area contributed by atoms with Gasteiger partial charge >= 0.3 is 0 Å². The molecule has 0 bridgehead atoms. The first-order valence-electron chi connectivity index (χ1n) is 7.61. The van der Waals surface area contributed by atoms with E-state index in [9.17, 15) is 0 Å². The molecule has 110 valence electrons. The summed E-state index contributed by atoms with van der Waals surface area (Å²) in [6, 6.07) is 17.2. The highest BCUT2D eigenvalue weighted by molar-refractivity contribution is 9.10. The lowest BCUT2D eigenvalue weighted by Gasteiger charge is -2.21. The van der Waals surface area contributed by atoms with Gasteiger partial charge in [0.1, 0.15) is 0 Å². The number of para-hydroxylation sites is 1. The number of nitrogens with one attached hydrogen (secondary N) is 1. The summed E-state index contributed by atoms with van der Waals surface area (Å²) in [5.41, 5.74) is 4.11. The topological polar surface area (TPSA) is 15.3 Å². The van der Waals surface area contributed by atoms with E-state index in [1.165, 1.54) is 42.7 Å². The van der Waals surface area contributed by atoms with Crippen LogP contribution in [0.3, 0.4) is 0 Å². The van der Waals surface area contributed by atoms with Crippen LogP contribution in [0.2, 0.25) is 0 Å². The Morgan fingerprint density at radius 1 is 0.952 bits per heavy atom. The number of halogens is 1. The second-order valence-corrected chi connectivity index (χ2v) is 6.47. The van der Waals surface area contributed by atoms with E-state index in [-0.39, 0.29) is 0 Å². The standard InChI is InChI=1S/C18H21BrN2/c19-17-8-5-6-15(12-17)13-20-14-16-7-1-2-9-18(16)21-10-3-4-11-21/h1-2,5-9,12,20H,3-4,10-11,13-14H2. The minimum atomic E-state index is 0.897. The number of anilines is 1. The number of rotatable bonds is 5. The molecule has 0 atom stereocenters. The number of nitrogens with zero attached hydrogens (tertiary/aromatic N) is 1. The van der Waals surface area contributed by atoms with E-state index in [2.05, 4.69) is 74.7 Å². The number of hydrogen-bond donors (Lipinski definition) is 1. The first-order chi connectivity index (χ1) is 10.3. The summed E-state index contributed by atoms with van der Waals surface area (Å²) in [6.45, 7) is 4.21. The summed E-state index contributed by atoms with van der Waals surface area (Å²) in [4.78, 5) is 2.51. The third-order valence-corrected chi connectivity index (χ3v) is 4.47. The van der Waals surface area contributed by atoms with Crippen molar-refractivity contribution >= 4 is 21.6 Å². The maximum atomic E-state index is 3.56. The van der Waals surface area contributed by atoms with Crippen LogP contribution in [0.15, 0.2) is 53.0 Å². The molecule has 1 saturated heterocycles. The van der Waals surface area contributed by atoms with E-state index in [1.807, 2.05) is 0 Å². The van der Waals surface area contributed by atoms with Crippen LogP contribution >= 0.6 is 15.9 Å². The molecular weight excluding hydrogens is 324 g/mol. The summed E-state index contributed by atoms with van der Waals surface area (Å²) < 4.78 is 1.14. The number of benzene rings is 2. The Bertz CT molecular complexity index is 591. The maximum Gasteiger partial charge on any atom is 0.0411 e. The molecule has 1 fully saturated rings. The van der Waals surface area contributed by atoms with Gasteiger partial charge < -0.3 is 10.2 Å². The fraction of sp³-hybridized carbons (Fsp3) is 0.333. The maximum absolute atomic E-state index is 3.56. The fourth-order valence-corrected chi connectivity index (χ4v) is 3.36. The second-order valence-electron chi connectivity index (χ2n) is 5.56. The van der Waals surface area contributed by atoms with Crippen LogP contribution in [0.4, 0.5) is 5.69 Å². The van der Waals surface area contributed by atoms with Gasteiger partial charge in [-0.1, -0.05) is 46.3 Å². The van der Waals surface area contributed by atoms with Crippen molar-refractivity contribution in [2.24, 2.45) is 0 Å². The van der Waals surface area contributed by atoms with Crippen molar-refractivity contribution in [3.8, 4) is 0 Å². The van der Waals surface area contributed by atoms with Gasteiger partial charge in [0.2, 0.25) is 0 Å². The molecule has 3 rings (SSSR count). The molecule has 0 saturated carbocycles. The third kappa shape index (κ3) is 3.86. The van der Waals surface area contributed by atoms with Gasteiger partial charge in [-0.15, -0.1) is 0 Å². The van der Waals surface area contributed by atoms with Crippen LogP contribution in [-0.4, -0.2) is 13.1 Å². The van der Waals surface area contributed by atoms with Gasteiger partial charge in [0.25, 0.3) is 0 Å². The van der Waals surface area contributed by atoms with E-state index in [0.717, 1.165) is 17.6 Å². The lowest BCUT2D eigenvalue weighted by Crippen LogP contribution is -2.21. The predicted molar refractivity (Wildman–Crippen MR) is 92.6 cm³/mol. The molecule has 3 heteroatoms. The summed E-state index contributed by atoms with van der Waals surface area (Å²) in [6.07, 6.45) is 2.64. The van der Waals surface area contributed by atoms with Gasteiger partial charge in [0.15, 0.2) is 0 Å². The smallest absolute Gasteiger partial charge is 0.0411 e. The largest absolute Gasteiger partial charge is 0.371 e. The van der Waals surface area contributed by atoms with Crippen LogP contribution in [0.5, 0.6) is 0 Å². The highest BCUT2D eigenvalue weighted by atomic mass is 79.9. The van der Waals surface area contributed by atoms with E-state index >= 15 is 0 Å². The highest BCUT2D eigenvalue weighted by Gasteiger charge is 2.14. The first-order valence-corrected chi connectivity index (χ1v) is 8.40. The summed E-state index contributed by atoms with van der Waals surface area (Å²) in [5.74, 6) is 0. The molecule has 2 nitrogen and oxygen atoms in total. The van der Waals surface area contributed by atoms with Crippen LogP contribution in [0.25, 0.3) is 0 Å². The van der Waals surface area contributed by atoms with E-state index in [4.69, 9.17) is 0 Å². The fourth-order valence-electron chi connectivity index (χ4n) is 2.92. The Kier molecular flexibility index (Phi) is 4.94. The van der Waals surface area contributed by atoms with Crippen LogP contribution in [-0.2, 0) is 13.1 Å². The Morgan fingerprint density at radius 3 is 2.57 bits per heavy atom. The molecule has 1 aliphatic heterocycles. The van der Waals surface area contributed by atoms with Crippen molar-refractivity contribution in [3.05, 3.63) is 64.1 Å². The van der Waals surface area contributed by atoms with Gasteiger partial charge in [-0.3, -0.25) is 0 Å². The summed E-state index contributed by atoms with van der Waals surface area (Å²) in [5, 5.41) is 3.56. The lowest BCUT2D eigenvalue weighted by molar-refractivity contribution is 0.691. The Labute approximate surface area is 135 Å². The molecular formula is C18H21BrN2. The lowest BCUT2D eigenvalue weighted by atomic mass is 10.1. The van der Waals surface area contributed by atoms with Crippen molar-refractivity contribution in [2.75, 3.05) is 18.0 Å². The van der Waals surface area contributed by atoms with Gasteiger partial charge in [-0.05, 0) is 42.2 Å². The van der Waals surface area contributed by atoms with Gasteiger partial charge in [-0.25, -0.2) is 0 Å². The third-order valence-electron chi connectivity index (χ3n) is 3.97. The normalized spacial score (nSPS) is 14.6. The van der Waals surface area contributed by atoms with Crippen molar-refractivity contribution < 1.29 is 0 Å². The molecule has 0 unspecified atom stereocenters. The zero-order valence-electron chi connectivity index (χ0n) is 12.2. The van der Waals surface area contributed by atoms with Crippen LogP contribution in [0, 0.1) is 0 Å². The van der Waals surface area contributed by atoms with Crippen molar-refractivity contribution in [2.45, 2.75) is 25.9 Å². The molecule has 0 aromatic heterocycles. The zero-order valence-corrected chi connectivity index (χ0v) is 13.8. The van der Waals surface area contributed by atoms with E-state index < -0.39 is 0 Å². The van der Waals surface area contributed by atoms with Crippen LogP contribution < -0.4 is 10.2 Å².